The predicted octanol–water partition coefficient (Wildman–Crippen LogP) is 4.81. The van der Waals surface area contributed by atoms with Crippen molar-refractivity contribution in [3.8, 4) is 11.3 Å². The average molecular weight is 418 g/mol. The standard InChI is InChI=1S/C25H26N2O4/c1-25(2,3)31-21(28)14-13-17-9-8-10-18(15-17)16-20-26-22(19-11-6-5-7-12-19)23(27-20)24(29)30-4/h5-15H,16H2,1-4H3,(H,26,27). The van der Waals surface area contributed by atoms with Gasteiger partial charge in [0.15, 0.2) is 5.69 Å². The normalized spacial score (nSPS) is 11.5. The number of carbonyl (C=O) groups is 2. The molecule has 0 radical (unpaired) electrons. The van der Waals surface area contributed by atoms with E-state index in [9.17, 15) is 9.59 Å². The van der Waals surface area contributed by atoms with Crippen LogP contribution in [0, 0.1) is 0 Å². The molecule has 6 heteroatoms. The average Bonchev–Trinajstić information content (AvgIpc) is 3.15. The molecule has 0 amide bonds. The van der Waals surface area contributed by atoms with Gasteiger partial charge in [-0.1, -0.05) is 54.6 Å². The Labute approximate surface area is 181 Å². The van der Waals surface area contributed by atoms with Gasteiger partial charge in [-0.3, -0.25) is 0 Å². The number of aromatic nitrogens is 2. The Morgan fingerprint density at radius 1 is 1.06 bits per heavy atom. The van der Waals surface area contributed by atoms with Gasteiger partial charge in [0.05, 0.1) is 7.11 Å². The zero-order valence-corrected chi connectivity index (χ0v) is 18.1. The van der Waals surface area contributed by atoms with E-state index in [1.807, 2.05) is 75.4 Å². The smallest absolute Gasteiger partial charge is 0.356 e. The Morgan fingerprint density at radius 3 is 2.48 bits per heavy atom. The van der Waals surface area contributed by atoms with Crippen molar-refractivity contribution in [1.29, 1.82) is 0 Å². The highest BCUT2D eigenvalue weighted by molar-refractivity contribution is 5.94. The number of nitrogens with one attached hydrogen (secondary N) is 1. The number of aromatic amines is 1. The van der Waals surface area contributed by atoms with Gasteiger partial charge in [-0.2, -0.15) is 0 Å². The summed E-state index contributed by atoms with van der Waals surface area (Å²) < 4.78 is 10.2. The van der Waals surface area contributed by atoms with Crippen LogP contribution in [0.1, 0.15) is 48.2 Å². The van der Waals surface area contributed by atoms with Crippen LogP contribution in [0.3, 0.4) is 0 Å². The lowest BCUT2D eigenvalue weighted by atomic mass is 10.1. The quantitative estimate of drug-likeness (QED) is 0.459. The third-order valence-electron chi connectivity index (χ3n) is 4.33. The number of carbonyl (C=O) groups excluding carboxylic acids is 2. The summed E-state index contributed by atoms with van der Waals surface area (Å²) in [6.07, 6.45) is 3.63. The monoisotopic (exact) mass is 418 g/mol. The zero-order chi connectivity index (χ0) is 22.4. The molecular formula is C25H26N2O4. The second-order valence-corrected chi connectivity index (χ2v) is 8.05. The van der Waals surface area contributed by atoms with Gasteiger partial charge in [-0.05, 0) is 38.0 Å². The maximum atomic E-state index is 12.2. The van der Waals surface area contributed by atoms with E-state index in [4.69, 9.17) is 9.47 Å². The molecule has 0 saturated carbocycles. The summed E-state index contributed by atoms with van der Waals surface area (Å²) in [5.74, 6) is -0.210. The van der Waals surface area contributed by atoms with Crippen LogP contribution in [-0.4, -0.2) is 34.6 Å². The van der Waals surface area contributed by atoms with Crippen LogP contribution < -0.4 is 0 Å². The number of nitrogens with zero attached hydrogens (tertiary/aromatic N) is 1. The van der Waals surface area contributed by atoms with E-state index in [0.717, 1.165) is 16.7 Å². The summed E-state index contributed by atoms with van der Waals surface area (Å²) in [5, 5.41) is 0. The summed E-state index contributed by atoms with van der Waals surface area (Å²) in [6.45, 7) is 5.49. The fourth-order valence-electron chi connectivity index (χ4n) is 3.06. The number of hydrogen-bond acceptors (Lipinski definition) is 5. The number of imidazole rings is 1. The molecule has 0 saturated heterocycles. The molecule has 0 spiro atoms. The lowest BCUT2D eigenvalue weighted by Gasteiger charge is -2.17. The van der Waals surface area contributed by atoms with Crippen LogP contribution in [0.15, 0.2) is 60.7 Å². The van der Waals surface area contributed by atoms with Crippen molar-refractivity contribution in [2.75, 3.05) is 7.11 Å². The summed E-state index contributed by atoms with van der Waals surface area (Å²) in [6, 6.07) is 17.2. The fraction of sp³-hybridized carbons (Fsp3) is 0.240. The van der Waals surface area contributed by atoms with E-state index >= 15 is 0 Å². The SMILES string of the molecule is COC(=O)c1[nH]c(Cc2cccc(C=CC(=O)OC(C)(C)C)c2)nc1-c1ccccc1. The Hall–Kier alpha value is -3.67. The van der Waals surface area contributed by atoms with Crippen LogP contribution in [0.2, 0.25) is 0 Å². The molecule has 0 aliphatic rings. The molecular weight excluding hydrogens is 392 g/mol. The molecule has 0 aliphatic carbocycles. The predicted molar refractivity (Wildman–Crippen MR) is 119 cm³/mol. The van der Waals surface area contributed by atoms with Gasteiger partial charge in [0.2, 0.25) is 0 Å². The topological polar surface area (TPSA) is 81.3 Å². The van der Waals surface area contributed by atoms with Crippen LogP contribution in [0.5, 0.6) is 0 Å². The van der Waals surface area contributed by atoms with Crippen molar-refractivity contribution in [2.45, 2.75) is 32.8 Å². The van der Waals surface area contributed by atoms with Crippen LogP contribution in [-0.2, 0) is 20.7 Å². The summed E-state index contributed by atoms with van der Waals surface area (Å²) in [4.78, 5) is 31.9. The highest BCUT2D eigenvalue weighted by atomic mass is 16.6. The first-order valence-corrected chi connectivity index (χ1v) is 9.98. The van der Waals surface area contributed by atoms with E-state index in [2.05, 4.69) is 9.97 Å². The van der Waals surface area contributed by atoms with Crippen molar-refractivity contribution in [3.05, 3.63) is 83.3 Å². The Kier molecular flexibility index (Phi) is 6.70. The molecule has 0 atom stereocenters. The first kappa shape index (κ1) is 22.0. The third-order valence-corrected chi connectivity index (χ3v) is 4.33. The van der Waals surface area contributed by atoms with Crippen LogP contribution >= 0.6 is 0 Å². The highest BCUT2D eigenvalue weighted by Crippen LogP contribution is 2.23. The van der Waals surface area contributed by atoms with Gasteiger partial charge in [-0.25, -0.2) is 14.6 Å². The van der Waals surface area contributed by atoms with Crippen molar-refractivity contribution < 1.29 is 19.1 Å². The van der Waals surface area contributed by atoms with Gasteiger partial charge >= 0.3 is 11.9 Å². The second kappa shape index (κ2) is 9.43. The second-order valence-electron chi connectivity index (χ2n) is 8.05. The minimum Gasteiger partial charge on any atom is -0.464 e. The minimum absolute atomic E-state index is 0.324. The molecule has 0 fully saturated rings. The van der Waals surface area contributed by atoms with E-state index < -0.39 is 11.6 Å². The lowest BCUT2D eigenvalue weighted by Crippen LogP contribution is -2.22. The Bertz CT molecular complexity index is 1090. The molecule has 160 valence electrons. The van der Waals surface area contributed by atoms with Crippen LogP contribution in [0.4, 0.5) is 0 Å². The maximum absolute atomic E-state index is 12.2. The first-order valence-electron chi connectivity index (χ1n) is 9.98. The molecule has 6 nitrogen and oxygen atoms in total. The molecule has 31 heavy (non-hydrogen) atoms. The summed E-state index contributed by atoms with van der Waals surface area (Å²) in [7, 11) is 1.35. The molecule has 3 aromatic rings. The summed E-state index contributed by atoms with van der Waals surface area (Å²) >= 11 is 0. The molecule has 0 aliphatic heterocycles. The van der Waals surface area contributed by atoms with Gasteiger partial charge in [0.25, 0.3) is 0 Å². The number of ether oxygens (including phenoxy) is 2. The molecule has 1 heterocycles. The van der Waals surface area contributed by atoms with Gasteiger partial charge in [0, 0.05) is 18.1 Å². The number of benzene rings is 2. The van der Waals surface area contributed by atoms with Crippen molar-refractivity contribution in [3.63, 3.8) is 0 Å². The van der Waals surface area contributed by atoms with E-state index in [1.165, 1.54) is 13.2 Å². The van der Waals surface area contributed by atoms with Crippen molar-refractivity contribution >= 4 is 18.0 Å². The number of H-pyrrole nitrogens is 1. The maximum Gasteiger partial charge on any atom is 0.356 e. The molecule has 1 N–H and O–H groups in total. The number of methoxy groups -OCH3 is 1. The lowest BCUT2D eigenvalue weighted by molar-refractivity contribution is -0.148. The van der Waals surface area contributed by atoms with Gasteiger partial charge in [-0.15, -0.1) is 0 Å². The minimum atomic E-state index is -0.531. The summed E-state index contributed by atoms with van der Waals surface area (Å²) in [5.41, 5.74) is 3.03. The van der Waals surface area contributed by atoms with E-state index in [0.29, 0.717) is 23.6 Å². The van der Waals surface area contributed by atoms with Crippen LogP contribution in [0.25, 0.3) is 17.3 Å². The third kappa shape index (κ3) is 6.15. The molecule has 0 unspecified atom stereocenters. The number of hydrogen-bond donors (Lipinski definition) is 1. The van der Waals surface area contributed by atoms with Gasteiger partial charge in [0.1, 0.15) is 17.1 Å². The number of esters is 2. The van der Waals surface area contributed by atoms with E-state index in [1.54, 1.807) is 6.08 Å². The molecule has 3 rings (SSSR count). The largest absolute Gasteiger partial charge is 0.464 e. The van der Waals surface area contributed by atoms with Crippen molar-refractivity contribution in [1.82, 2.24) is 9.97 Å². The number of rotatable bonds is 6. The van der Waals surface area contributed by atoms with E-state index in [-0.39, 0.29) is 5.97 Å². The Morgan fingerprint density at radius 2 is 1.81 bits per heavy atom. The van der Waals surface area contributed by atoms with Gasteiger partial charge < -0.3 is 14.5 Å². The zero-order valence-electron chi connectivity index (χ0n) is 18.1. The molecule has 0 bridgehead atoms. The first-order chi connectivity index (χ1) is 14.7. The van der Waals surface area contributed by atoms with Crippen molar-refractivity contribution in [2.24, 2.45) is 0 Å². The fourth-order valence-corrected chi connectivity index (χ4v) is 3.06. The molecule has 2 aromatic carbocycles. The Balaban J connectivity index is 1.82. The highest BCUT2D eigenvalue weighted by Gasteiger charge is 2.19. The molecule has 1 aromatic heterocycles.